The maximum Gasteiger partial charge on any atom is 0.218 e. The second kappa shape index (κ2) is 10.3. The summed E-state index contributed by atoms with van der Waals surface area (Å²) in [5, 5.41) is 17.3. The fourth-order valence-corrected chi connectivity index (χ4v) is 4.97. The number of aliphatic hydroxyl groups is 1. The van der Waals surface area contributed by atoms with E-state index < -0.39 is 17.6 Å². The van der Waals surface area contributed by atoms with Gasteiger partial charge in [0.1, 0.15) is 11.4 Å². The van der Waals surface area contributed by atoms with Crippen molar-refractivity contribution in [3.8, 4) is 5.88 Å². The van der Waals surface area contributed by atoms with E-state index in [9.17, 15) is 19.1 Å². The van der Waals surface area contributed by atoms with Gasteiger partial charge in [-0.2, -0.15) is 0 Å². The average molecular weight is 498 g/mol. The number of carbonyl (C=O) groups excluding carboxylic acids is 2. The number of Topliss-reactive ketones (excluding diaryl/α,β-unsaturated/α-hetero) is 1. The predicted octanol–water partition coefficient (Wildman–Crippen LogP) is 3.89. The fraction of sp³-hybridized carbons (Fsp3) is 0.536. The van der Waals surface area contributed by atoms with Crippen LogP contribution in [0.2, 0.25) is 0 Å². The van der Waals surface area contributed by atoms with Gasteiger partial charge in [0.15, 0.2) is 5.78 Å². The van der Waals surface area contributed by atoms with Gasteiger partial charge in [0.2, 0.25) is 11.8 Å². The van der Waals surface area contributed by atoms with Gasteiger partial charge in [-0.1, -0.05) is 32.9 Å². The monoisotopic (exact) mass is 497 g/mol. The van der Waals surface area contributed by atoms with E-state index in [0.717, 1.165) is 30.4 Å². The normalized spacial score (nSPS) is 20.0. The van der Waals surface area contributed by atoms with Gasteiger partial charge in [0.05, 0.1) is 12.1 Å². The molecule has 36 heavy (non-hydrogen) atoms. The quantitative estimate of drug-likeness (QED) is 0.479. The third kappa shape index (κ3) is 5.93. The number of ether oxygens (including phenoxy) is 1. The number of fused-ring (bicyclic) bond motifs is 1. The van der Waals surface area contributed by atoms with Crippen molar-refractivity contribution in [3.63, 3.8) is 0 Å². The molecule has 1 aromatic carbocycles. The van der Waals surface area contributed by atoms with E-state index in [1.54, 1.807) is 18.3 Å². The van der Waals surface area contributed by atoms with Crippen molar-refractivity contribution in [2.45, 2.75) is 83.6 Å². The Kier molecular flexibility index (Phi) is 7.48. The van der Waals surface area contributed by atoms with E-state index in [4.69, 9.17) is 4.74 Å². The standard InChI is InChI=1S/C28H36FN3O4/c1-17(33)32-22(12-18-6-8-20(29)9-7-18)24(34)16-30-23-14-28(10-5-11-28)36-26-21(23)13-19(15-31-26)25(35)27(2,3)4/h6-9,13,15,22-24,30,34H,5,10-12,14,16H2,1-4H3,(H,32,33)/t22-,23-,24+/m0/s1. The number of hydrogen-bond donors (Lipinski definition) is 3. The molecule has 1 spiro atoms. The third-order valence-corrected chi connectivity index (χ3v) is 7.15. The molecule has 8 heteroatoms. The summed E-state index contributed by atoms with van der Waals surface area (Å²) in [4.78, 5) is 29.2. The predicted molar refractivity (Wildman–Crippen MR) is 134 cm³/mol. The van der Waals surface area contributed by atoms with Crippen LogP contribution in [0.25, 0.3) is 0 Å². The van der Waals surface area contributed by atoms with Gasteiger partial charge in [0, 0.05) is 48.7 Å². The van der Waals surface area contributed by atoms with Crippen LogP contribution < -0.4 is 15.4 Å². The zero-order chi connectivity index (χ0) is 26.1. The van der Waals surface area contributed by atoms with E-state index in [1.807, 2.05) is 26.8 Å². The largest absolute Gasteiger partial charge is 0.471 e. The number of pyridine rings is 1. The summed E-state index contributed by atoms with van der Waals surface area (Å²) >= 11 is 0. The molecule has 1 aromatic heterocycles. The molecule has 3 N–H and O–H groups in total. The molecule has 1 aliphatic heterocycles. The molecule has 4 rings (SSSR count). The zero-order valence-electron chi connectivity index (χ0n) is 21.4. The first-order valence-corrected chi connectivity index (χ1v) is 12.6. The first-order valence-electron chi connectivity index (χ1n) is 12.6. The molecule has 2 aromatic rings. The lowest BCUT2D eigenvalue weighted by Crippen LogP contribution is -2.52. The molecule has 1 aliphatic carbocycles. The van der Waals surface area contributed by atoms with Crippen molar-refractivity contribution in [2.75, 3.05) is 6.54 Å². The molecule has 2 aliphatic rings. The number of amides is 1. The topological polar surface area (TPSA) is 101 Å². The first kappa shape index (κ1) is 26.2. The molecule has 1 fully saturated rings. The number of carbonyl (C=O) groups is 2. The SMILES string of the molecule is CC(=O)N[C@@H](Cc1ccc(F)cc1)[C@H](O)CN[C@H]1CC2(CCC2)Oc2ncc(C(=O)C(C)(C)C)cc21. The summed E-state index contributed by atoms with van der Waals surface area (Å²) in [5.41, 5.74) is 1.35. The second-order valence-electron chi connectivity index (χ2n) is 11.2. The number of benzene rings is 1. The fourth-order valence-electron chi connectivity index (χ4n) is 4.97. The summed E-state index contributed by atoms with van der Waals surface area (Å²) in [6, 6.07) is 7.18. The molecule has 0 unspecified atom stereocenters. The lowest BCUT2D eigenvalue weighted by molar-refractivity contribution is -0.120. The zero-order valence-corrected chi connectivity index (χ0v) is 21.4. The van der Waals surface area contributed by atoms with Crippen LogP contribution >= 0.6 is 0 Å². The highest BCUT2D eigenvalue weighted by Gasteiger charge is 2.46. The summed E-state index contributed by atoms with van der Waals surface area (Å²) in [6.45, 7) is 7.26. The number of aromatic nitrogens is 1. The van der Waals surface area contributed by atoms with E-state index in [0.29, 0.717) is 24.3 Å². The summed E-state index contributed by atoms with van der Waals surface area (Å²) < 4.78 is 19.6. The molecule has 1 amide bonds. The Bertz CT molecular complexity index is 1110. The summed E-state index contributed by atoms with van der Waals surface area (Å²) in [6.07, 6.45) is 4.74. The van der Waals surface area contributed by atoms with Crippen LogP contribution in [0.1, 0.15) is 80.9 Å². The Morgan fingerprint density at radius 3 is 2.53 bits per heavy atom. The van der Waals surface area contributed by atoms with Crippen molar-refractivity contribution < 1.29 is 23.8 Å². The van der Waals surface area contributed by atoms with Crippen molar-refractivity contribution in [1.29, 1.82) is 0 Å². The maximum absolute atomic E-state index is 13.3. The van der Waals surface area contributed by atoms with Crippen molar-refractivity contribution in [3.05, 3.63) is 59.0 Å². The van der Waals surface area contributed by atoms with Crippen LogP contribution in [0, 0.1) is 11.2 Å². The highest BCUT2D eigenvalue weighted by molar-refractivity contribution is 5.99. The minimum atomic E-state index is -0.894. The molecule has 194 valence electrons. The lowest BCUT2D eigenvalue weighted by atomic mass is 9.73. The Hall–Kier alpha value is -2.84. The Labute approximate surface area is 211 Å². The van der Waals surface area contributed by atoms with E-state index >= 15 is 0 Å². The third-order valence-electron chi connectivity index (χ3n) is 7.15. The maximum atomic E-state index is 13.3. The molecule has 7 nitrogen and oxygen atoms in total. The molecular weight excluding hydrogens is 461 g/mol. The molecule has 2 heterocycles. The van der Waals surface area contributed by atoms with Gasteiger partial charge >= 0.3 is 0 Å². The number of halogens is 1. The number of nitrogens with one attached hydrogen (secondary N) is 2. The first-order chi connectivity index (χ1) is 17.0. The second-order valence-corrected chi connectivity index (χ2v) is 11.2. The number of ketones is 1. The van der Waals surface area contributed by atoms with Crippen LogP contribution in [-0.2, 0) is 11.2 Å². The van der Waals surface area contributed by atoms with Crippen LogP contribution in [-0.4, -0.2) is 46.1 Å². The van der Waals surface area contributed by atoms with Crippen molar-refractivity contribution in [2.24, 2.45) is 5.41 Å². The molecule has 0 saturated heterocycles. The minimum Gasteiger partial charge on any atom is -0.471 e. The lowest BCUT2D eigenvalue weighted by Gasteiger charge is -2.47. The van der Waals surface area contributed by atoms with Gasteiger partial charge in [-0.15, -0.1) is 0 Å². The van der Waals surface area contributed by atoms with Gasteiger partial charge < -0.3 is 20.5 Å². The molecule has 0 radical (unpaired) electrons. The Balaban J connectivity index is 1.52. The van der Waals surface area contributed by atoms with Gasteiger partial charge in [0.25, 0.3) is 0 Å². The molecule has 0 bridgehead atoms. The summed E-state index contributed by atoms with van der Waals surface area (Å²) in [7, 11) is 0. The van der Waals surface area contributed by atoms with Gasteiger partial charge in [-0.05, 0) is 49.4 Å². The van der Waals surface area contributed by atoms with E-state index in [2.05, 4.69) is 15.6 Å². The molecular formula is C28H36FN3O4. The smallest absolute Gasteiger partial charge is 0.218 e. The number of aliphatic hydroxyl groups excluding tert-OH is 1. The highest BCUT2D eigenvalue weighted by atomic mass is 19.1. The highest BCUT2D eigenvalue weighted by Crippen LogP contribution is 2.48. The van der Waals surface area contributed by atoms with Crippen LogP contribution in [0.15, 0.2) is 36.5 Å². The average Bonchev–Trinajstić information content (AvgIpc) is 2.80. The Morgan fingerprint density at radius 2 is 1.94 bits per heavy atom. The van der Waals surface area contributed by atoms with Crippen molar-refractivity contribution >= 4 is 11.7 Å². The number of nitrogens with zero attached hydrogens (tertiary/aromatic N) is 1. The van der Waals surface area contributed by atoms with Crippen LogP contribution in [0.3, 0.4) is 0 Å². The molecule has 3 atom stereocenters. The Morgan fingerprint density at radius 1 is 1.25 bits per heavy atom. The van der Waals surface area contributed by atoms with Crippen LogP contribution in [0.5, 0.6) is 5.88 Å². The van der Waals surface area contributed by atoms with E-state index in [-0.39, 0.29) is 35.7 Å². The van der Waals surface area contributed by atoms with Gasteiger partial charge in [-0.3, -0.25) is 9.59 Å². The van der Waals surface area contributed by atoms with E-state index in [1.165, 1.54) is 19.1 Å². The molecule has 1 saturated carbocycles. The van der Waals surface area contributed by atoms with Gasteiger partial charge in [-0.25, -0.2) is 9.37 Å². The summed E-state index contributed by atoms with van der Waals surface area (Å²) in [5.74, 6) is -0.0488. The van der Waals surface area contributed by atoms with Crippen molar-refractivity contribution in [1.82, 2.24) is 15.6 Å². The minimum absolute atomic E-state index is 0.00513. The van der Waals surface area contributed by atoms with Crippen LogP contribution in [0.4, 0.5) is 4.39 Å². The number of hydrogen-bond acceptors (Lipinski definition) is 6. The number of rotatable bonds is 8.